The summed E-state index contributed by atoms with van der Waals surface area (Å²) in [4.78, 5) is 17.6. The molecule has 0 fully saturated rings. The first-order chi connectivity index (χ1) is 14.1. The van der Waals surface area contributed by atoms with Crippen molar-refractivity contribution in [2.24, 2.45) is 0 Å². The summed E-state index contributed by atoms with van der Waals surface area (Å²) in [5.74, 6) is -0.671. The first-order valence-electron chi connectivity index (χ1n) is 8.88. The lowest BCUT2D eigenvalue weighted by atomic mass is 9.90. The van der Waals surface area contributed by atoms with E-state index in [0.717, 1.165) is 21.3 Å². The van der Waals surface area contributed by atoms with Crippen molar-refractivity contribution in [3.05, 3.63) is 95.0 Å². The molecule has 29 heavy (non-hydrogen) atoms. The monoisotopic (exact) mass is 437 g/mol. The van der Waals surface area contributed by atoms with Gasteiger partial charge in [0, 0.05) is 5.02 Å². The predicted octanol–water partition coefficient (Wildman–Crippen LogP) is 5.59. The van der Waals surface area contributed by atoms with E-state index in [-0.39, 0.29) is 11.0 Å². The summed E-state index contributed by atoms with van der Waals surface area (Å²) in [5.41, 5.74) is 2.62. The van der Waals surface area contributed by atoms with Crippen LogP contribution >= 0.6 is 35.2 Å². The second-order valence-electron chi connectivity index (χ2n) is 6.33. The van der Waals surface area contributed by atoms with Crippen molar-refractivity contribution >= 4 is 61.5 Å². The van der Waals surface area contributed by atoms with E-state index in [0.29, 0.717) is 10.2 Å². The number of thiazole rings is 1. The third kappa shape index (κ3) is 4.62. The second-order valence-corrected chi connectivity index (χ2v) is 8.20. The van der Waals surface area contributed by atoms with Crippen molar-refractivity contribution in [1.82, 2.24) is 10.3 Å². The second kappa shape index (κ2) is 8.69. The molecule has 1 aromatic heterocycles. The molecule has 3 aromatic carbocycles. The van der Waals surface area contributed by atoms with Crippen LogP contribution in [0.4, 0.5) is 5.13 Å². The van der Waals surface area contributed by atoms with Crippen LogP contribution in [-0.2, 0) is 4.79 Å². The smallest absolute Gasteiger partial charge is 0.238 e. The van der Waals surface area contributed by atoms with Gasteiger partial charge in [0.1, 0.15) is 0 Å². The Morgan fingerprint density at radius 1 is 0.966 bits per heavy atom. The molecule has 4 nitrogen and oxygen atoms in total. The number of aromatic nitrogens is 1. The Balaban J connectivity index is 1.53. The van der Waals surface area contributed by atoms with Gasteiger partial charge >= 0.3 is 0 Å². The maximum atomic E-state index is 13.1. The van der Waals surface area contributed by atoms with Gasteiger partial charge in [0.2, 0.25) is 5.91 Å². The van der Waals surface area contributed by atoms with Crippen LogP contribution in [-0.4, -0.2) is 16.0 Å². The number of nitrogens with one attached hydrogen (secondary N) is 2. The van der Waals surface area contributed by atoms with E-state index in [1.54, 1.807) is 6.07 Å². The number of hydrogen-bond donors (Lipinski definition) is 2. The molecule has 1 heterocycles. The van der Waals surface area contributed by atoms with Crippen molar-refractivity contribution in [3.63, 3.8) is 0 Å². The fourth-order valence-electron chi connectivity index (χ4n) is 3.05. The quantitative estimate of drug-likeness (QED) is 0.408. The molecule has 0 unspecified atom stereocenters. The molecule has 4 aromatic rings. The van der Waals surface area contributed by atoms with E-state index in [9.17, 15) is 4.79 Å². The van der Waals surface area contributed by atoms with Gasteiger partial charge in [-0.15, -0.1) is 0 Å². The number of hydrogen-bond acceptors (Lipinski definition) is 4. The summed E-state index contributed by atoms with van der Waals surface area (Å²) in [6.07, 6.45) is 0. The number of thiocarbonyl (C=S) groups is 1. The summed E-state index contributed by atoms with van der Waals surface area (Å²) in [6.45, 7) is 0. The first-order valence-corrected chi connectivity index (χ1v) is 10.5. The summed E-state index contributed by atoms with van der Waals surface area (Å²) < 4.78 is 0.945. The van der Waals surface area contributed by atoms with Crippen LogP contribution in [0.5, 0.6) is 0 Å². The lowest BCUT2D eigenvalue weighted by Crippen LogP contribution is -2.37. The van der Waals surface area contributed by atoms with Crippen molar-refractivity contribution < 1.29 is 4.79 Å². The minimum Gasteiger partial charge on any atom is -0.308 e. The van der Waals surface area contributed by atoms with E-state index in [1.807, 2.05) is 72.8 Å². The zero-order valence-corrected chi connectivity index (χ0v) is 17.5. The van der Waals surface area contributed by atoms with Gasteiger partial charge < -0.3 is 10.6 Å². The van der Waals surface area contributed by atoms with E-state index in [1.165, 1.54) is 11.3 Å². The maximum Gasteiger partial charge on any atom is 0.238 e. The Kier molecular flexibility index (Phi) is 5.85. The van der Waals surface area contributed by atoms with Crippen molar-refractivity contribution in [3.8, 4) is 0 Å². The van der Waals surface area contributed by atoms with Crippen molar-refractivity contribution in [1.29, 1.82) is 0 Å². The fourth-order valence-corrected chi connectivity index (χ4v) is 4.46. The minimum absolute atomic E-state index is 0.205. The third-order valence-corrected chi connectivity index (χ3v) is 5.71. The zero-order valence-electron chi connectivity index (χ0n) is 15.1. The maximum absolute atomic E-state index is 13.1. The average Bonchev–Trinajstić information content (AvgIpc) is 3.10. The minimum atomic E-state index is -0.466. The molecular formula is C22H16ClN3OS2. The molecule has 144 valence electrons. The van der Waals surface area contributed by atoms with Crippen LogP contribution in [0.1, 0.15) is 17.0 Å². The molecule has 0 radical (unpaired) electrons. The van der Waals surface area contributed by atoms with Crippen LogP contribution in [0, 0.1) is 0 Å². The molecule has 0 aliphatic carbocycles. The Morgan fingerprint density at radius 2 is 1.59 bits per heavy atom. The molecule has 0 aliphatic rings. The number of nitrogens with zero attached hydrogens (tertiary/aromatic N) is 1. The topological polar surface area (TPSA) is 54.0 Å². The van der Waals surface area contributed by atoms with Gasteiger partial charge in [-0.25, -0.2) is 4.98 Å². The molecule has 7 heteroatoms. The van der Waals surface area contributed by atoms with Crippen LogP contribution in [0.3, 0.4) is 0 Å². The van der Waals surface area contributed by atoms with Gasteiger partial charge in [0.15, 0.2) is 10.2 Å². The van der Waals surface area contributed by atoms with E-state index >= 15 is 0 Å². The Morgan fingerprint density at radius 3 is 2.21 bits per heavy atom. The lowest BCUT2D eigenvalue weighted by Gasteiger charge is -2.18. The molecule has 4 rings (SSSR count). The highest BCUT2D eigenvalue weighted by Crippen LogP contribution is 2.28. The van der Waals surface area contributed by atoms with Crippen LogP contribution in [0.2, 0.25) is 5.02 Å². The average molecular weight is 438 g/mol. The standard InChI is InChI=1S/C22H16ClN3OS2/c23-16-11-12-17-18(13-16)29-22(24-17)26-21(28)25-20(27)19(14-7-3-1-4-8-14)15-9-5-2-6-10-15/h1-13,19H,(H2,24,25,26,27,28). The Bertz CT molecular complexity index is 1120. The van der Waals surface area contributed by atoms with Gasteiger partial charge in [-0.1, -0.05) is 83.6 Å². The van der Waals surface area contributed by atoms with E-state index in [4.69, 9.17) is 23.8 Å². The molecule has 0 aliphatic heterocycles. The Labute approximate surface area is 182 Å². The molecule has 0 atom stereocenters. The third-order valence-electron chi connectivity index (χ3n) is 4.34. The van der Waals surface area contributed by atoms with Crippen LogP contribution in [0.25, 0.3) is 10.2 Å². The molecule has 0 bridgehead atoms. The highest BCUT2D eigenvalue weighted by atomic mass is 35.5. The normalized spacial score (nSPS) is 10.8. The van der Waals surface area contributed by atoms with Gasteiger partial charge in [0.05, 0.1) is 16.1 Å². The van der Waals surface area contributed by atoms with Gasteiger partial charge in [-0.3, -0.25) is 4.79 Å². The SMILES string of the molecule is O=C(NC(=S)Nc1nc2ccc(Cl)cc2s1)C(c1ccccc1)c1ccccc1. The molecular weight excluding hydrogens is 422 g/mol. The summed E-state index contributed by atoms with van der Waals surface area (Å²) >= 11 is 12.8. The summed E-state index contributed by atoms with van der Waals surface area (Å²) in [6, 6.07) is 24.8. The summed E-state index contributed by atoms with van der Waals surface area (Å²) in [5, 5.41) is 7.26. The fraction of sp³-hybridized carbons (Fsp3) is 0.0455. The van der Waals surface area contributed by atoms with Gasteiger partial charge in [0.25, 0.3) is 0 Å². The lowest BCUT2D eigenvalue weighted by molar-refractivity contribution is -0.120. The molecule has 2 N–H and O–H groups in total. The number of halogens is 1. The van der Waals surface area contributed by atoms with Crippen LogP contribution < -0.4 is 10.6 Å². The van der Waals surface area contributed by atoms with E-state index < -0.39 is 5.92 Å². The van der Waals surface area contributed by atoms with Crippen molar-refractivity contribution in [2.75, 3.05) is 5.32 Å². The number of anilines is 1. The summed E-state index contributed by atoms with van der Waals surface area (Å²) in [7, 11) is 0. The van der Waals surface area contributed by atoms with Crippen molar-refractivity contribution in [2.45, 2.75) is 5.92 Å². The highest BCUT2D eigenvalue weighted by molar-refractivity contribution is 7.80. The highest BCUT2D eigenvalue weighted by Gasteiger charge is 2.23. The van der Waals surface area contributed by atoms with Gasteiger partial charge in [-0.05, 0) is 41.5 Å². The number of fused-ring (bicyclic) bond motifs is 1. The number of amides is 1. The molecule has 0 spiro atoms. The van der Waals surface area contributed by atoms with E-state index in [2.05, 4.69) is 15.6 Å². The Hall–Kier alpha value is -2.80. The largest absolute Gasteiger partial charge is 0.308 e. The van der Waals surface area contributed by atoms with Crippen LogP contribution in [0.15, 0.2) is 78.9 Å². The molecule has 1 amide bonds. The van der Waals surface area contributed by atoms with Gasteiger partial charge in [-0.2, -0.15) is 0 Å². The number of carbonyl (C=O) groups excluding carboxylic acids is 1. The molecule has 0 saturated heterocycles. The number of rotatable bonds is 4. The zero-order chi connectivity index (χ0) is 20.2. The first kappa shape index (κ1) is 19.5. The number of benzene rings is 3. The predicted molar refractivity (Wildman–Crippen MR) is 124 cm³/mol. The number of carbonyl (C=O) groups is 1. The molecule has 0 saturated carbocycles.